The van der Waals surface area contributed by atoms with Crippen molar-refractivity contribution in [3.05, 3.63) is 29.3 Å². The Hall–Kier alpha value is -1.25. The van der Waals surface area contributed by atoms with Gasteiger partial charge in [-0.15, -0.1) is 6.42 Å². The van der Waals surface area contributed by atoms with Gasteiger partial charge >= 0.3 is 0 Å². The summed E-state index contributed by atoms with van der Waals surface area (Å²) >= 11 is 6.06. The minimum atomic E-state index is -0.591. The summed E-state index contributed by atoms with van der Waals surface area (Å²) < 4.78 is 5.70. The number of benzene rings is 1. The van der Waals surface area contributed by atoms with E-state index in [0.29, 0.717) is 6.54 Å². The van der Waals surface area contributed by atoms with Gasteiger partial charge in [0.05, 0.1) is 12.7 Å². The van der Waals surface area contributed by atoms with Gasteiger partial charge in [-0.2, -0.15) is 0 Å². The number of aliphatic hydroxyl groups is 1. The third-order valence-electron chi connectivity index (χ3n) is 4.59. The van der Waals surface area contributed by atoms with Crippen LogP contribution in [0.3, 0.4) is 0 Å². The highest BCUT2D eigenvalue weighted by Crippen LogP contribution is 2.21. The molecule has 0 aromatic heterocycles. The Kier molecular flexibility index (Phi) is 6.94. The Labute approximate surface area is 150 Å². The Balaban J connectivity index is 1.76. The molecule has 132 valence electrons. The summed E-state index contributed by atoms with van der Waals surface area (Å²) in [5, 5.41) is 11.0. The van der Waals surface area contributed by atoms with Crippen LogP contribution >= 0.6 is 11.6 Å². The van der Waals surface area contributed by atoms with E-state index in [9.17, 15) is 5.11 Å². The first kappa shape index (κ1) is 19.1. The summed E-state index contributed by atoms with van der Waals surface area (Å²) in [4.78, 5) is 4.58. The van der Waals surface area contributed by atoms with Gasteiger partial charge in [-0.3, -0.25) is 4.90 Å². The fourth-order valence-corrected chi connectivity index (χ4v) is 2.92. The van der Waals surface area contributed by atoms with E-state index in [-0.39, 0.29) is 6.61 Å². The summed E-state index contributed by atoms with van der Waals surface area (Å²) in [7, 11) is 0. The van der Waals surface area contributed by atoms with E-state index in [1.165, 1.54) is 0 Å². The van der Waals surface area contributed by atoms with E-state index in [1.54, 1.807) is 0 Å². The van der Waals surface area contributed by atoms with Crippen LogP contribution in [0.1, 0.15) is 20.3 Å². The lowest BCUT2D eigenvalue weighted by Crippen LogP contribution is -2.49. The highest BCUT2D eigenvalue weighted by molar-refractivity contribution is 6.30. The van der Waals surface area contributed by atoms with Crippen molar-refractivity contribution in [2.75, 3.05) is 44.2 Å². The number of hydrogen-bond acceptors (Lipinski definition) is 4. The van der Waals surface area contributed by atoms with Crippen LogP contribution < -0.4 is 4.90 Å². The standard InChI is InChI=1S/C19H27ClN2O2/c1-4-19(3,5-2)24-15-18(23)14-21-9-11-22(12-10-21)17-8-6-7-16(20)13-17/h1,6-8,13,18,23H,5,9-12,14-15H2,2-3H3/t18-,19+/m1/s1. The second-order valence-corrected chi connectivity index (χ2v) is 6.90. The Bertz CT molecular complexity index is 567. The first-order valence-electron chi connectivity index (χ1n) is 8.48. The molecule has 1 aromatic carbocycles. The molecule has 0 amide bonds. The van der Waals surface area contributed by atoms with Gasteiger partial charge in [0, 0.05) is 43.4 Å². The number of ether oxygens (including phenoxy) is 1. The molecule has 0 unspecified atom stereocenters. The smallest absolute Gasteiger partial charge is 0.125 e. The molecule has 1 aromatic rings. The SMILES string of the molecule is C#C[C@@](C)(CC)OC[C@H](O)CN1CCN(c2cccc(Cl)c2)CC1. The molecule has 4 nitrogen and oxygen atoms in total. The normalized spacial score (nSPS) is 19.5. The average molecular weight is 351 g/mol. The lowest BCUT2D eigenvalue weighted by atomic mass is 10.1. The van der Waals surface area contributed by atoms with Gasteiger partial charge in [0.1, 0.15) is 5.60 Å². The van der Waals surface area contributed by atoms with E-state index < -0.39 is 11.7 Å². The molecule has 1 saturated heterocycles. The predicted molar refractivity (Wildman–Crippen MR) is 99.6 cm³/mol. The minimum absolute atomic E-state index is 0.267. The van der Waals surface area contributed by atoms with E-state index >= 15 is 0 Å². The van der Waals surface area contributed by atoms with Crippen LogP contribution in [0.25, 0.3) is 0 Å². The largest absolute Gasteiger partial charge is 0.389 e. The molecule has 1 aliphatic heterocycles. The molecular weight excluding hydrogens is 324 g/mol. The number of nitrogens with zero attached hydrogens (tertiary/aromatic N) is 2. The topological polar surface area (TPSA) is 35.9 Å². The zero-order chi connectivity index (χ0) is 17.6. The number of hydrogen-bond donors (Lipinski definition) is 1. The van der Waals surface area contributed by atoms with Crippen LogP contribution in [0.5, 0.6) is 0 Å². The van der Waals surface area contributed by atoms with Gasteiger partial charge in [-0.1, -0.05) is 30.5 Å². The summed E-state index contributed by atoms with van der Waals surface area (Å²) in [5.41, 5.74) is 0.561. The minimum Gasteiger partial charge on any atom is -0.389 e. The fourth-order valence-electron chi connectivity index (χ4n) is 2.74. The lowest BCUT2D eigenvalue weighted by Gasteiger charge is -2.37. The molecule has 2 atom stereocenters. The zero-order valence-electron chi connectivity index (χ0n) is 14.5. The first-order valence-corrected chi connectivity index (χ1v) is 8.86. The molecule has 1 N–H and O–H groups in total. The van der Waals surface area contributed by atoms with Crippen LogP contribution in [0.15, 0.2) is 24.3 Å². The van der Waals surface area contributed by atoms with Crippen molar-refractivity contribution in [1.82, 2.24) is 4.90 Å². The summed E-state index contributed by atoms with van der Waals surface area (Å²) in [6.45, 7) is 8.39. The molecule has 5 heteroatoms. The molecule has 1 aliphatic rings. The molecule has 24 heavy (non-hydrogen) atoms. The van der Waals surface area contributed by atoms with Crippen LogP contribution in [0, 0.1) is 12.3 Å². The lowest BCUT2D eigenvalue weighted by molar-refractivity contribution is -0.0473. The van der Waals surface area contributed by atoms with Crippen LogP contribution in [0.2, 0.25) is 5.02 Å². The molecule has 0 spiro atoms. The third-order valence-corrected chi connectivity index (χ3v) is 4.82. The number of halogens is 1. The number of aliphatic hydroxyl groups excluding tert-OH is 1. The first-order chi connectivity index (χ1) is 11.5. The van der Waals surface area contributed by atoms with Gasteiger partial charge < -0.3 is 14.7 Å². The van der Waals surface area contributed by atoms with E-state index in [4.69, 9.17) is 22.8 Å². The predicted octanol–water partition coefficient (Wildman–Crippen LogP) is 2.64. The van der Waals surface area contributed by atoms with Crippen molar-refractivity contribution in [1.29, 1.82) is 0 Å². The Morgan fingerprint density at radius 2 is 2.08 bits per heavy atom. The van der Waals surface area contributed by atoms with Gasteiger partial charge in [0.25, 0.3) is 0 Å². The van der Waals surface area contributed by atoms with Crippen molar-refractivity contribution in [3.63, 3.8) is 0 Å². The maximum atomic E-state index is 10.2. The van der Waals surface area contributed by atoms with Crippen molar-refractivity contribution < 1.29 is 9.84 Å². The number of terminal acetylenes is 1. The molecule has 1 heterocycles. The van der Waals surface area contributed by atoms with Crippen LogP contribution in [-0.2, 0) is 4.74 Å². The zero-order valence-corrected chi connectivity index (χ0v) is 15.3. The summed E-state index contributed by atoms with van der Waals surface area (Å²) in [6, 6.07) is 7.93. The van der Waals surface area contributed by atoms with Crippen molar-refractivity contribution in [2.45, 2.75) is 32.0 Å². The highest BCUT2D eigenvalue weighted by Gasteiger charge is 2.23. The molecule has 1 fully saturated rings. The Morgan fingerprint density at radius 1 is 1.38 bits per heavy atom. The van der Waals surface area contributed by atoms with Gasteiger partial charge in [0.15, 0.2) is 0 Å². The maximum absolute atomic E-state index is 10.2. The monoisotopic (exact) mass is 350 g/mol. The van der Waals surface area contributed by atoms with Crippen molar-refractivity contribution in [3.8, 4) is 12.3 Å². The fraction of sp³-hybridized carbons (Fsp3) is 0.579. The number of β-amino-alcohol motifs (C(OH)–C–C–N with tert-alkyl or cyclic N) is 1. The van der Waals surface area contributed by atoms with Gasteiger partial charge in [-0.25, -0.2) is 0 Å². The summed E-state index contributed by atoms with van der Waals surface area (Å²) in [6.07, 6.45) is 5.69. The number of anilines is 1. The number of piperazine rings is 1. The van der Waals surface area contributed by atoms with E-state index in [1.807, 2.05) is 32.0 Å². The third kappa shape index (κ3) is 5.39. The van der Waals surface area contributed by atoms with Crippen LogP contribution in [0.4, 0.5) is 5.69 Å². The quantitative estimate of drug-likeness (QED) is 0.767. The van der Waals surface area contributed by atoms with Crippen molar-refractivity contribution in [2.24, 2.45) is 0 Å². The molecule has 0 aliphatic carbocycles. The van der Waals surface area contributed by atoms with Gasteiger partial charge in [0.2, 0.25) is 0 Å². The molecule has 0 bridgehead atoms. The van der Waals surface area contributed by atoms with Crippen molar-refractivity contribution >= 4 is 17.3 Å². The van der Waals surface area contributed by atoms with Gasteiger partial charge in [-0.05, 0) is 31.5 Å². The Morgan fingerprint density at radius 3 is 2.67 bits per heavy atom. The second-order valence-electron chi connectivity index (χ2n) is 6.46. The average Bonchev–Trinajstić information content (AvgIpc) is 2.60. The maximum Gasteiger partial charge on any atom is 0.125 e. The molecular formula is C19H27ClN2O2. The molecule has 0 radical (unpaired) electrons. The van der Waals surface area contributed by atoms with E-state index in [0.717, 1.165) is 43.3 Å². The molecule has 0 saturated carbocycles. The van der Waals surface area contributed by atoms with E-state index in [2.05, 4.69) is 21.8 Å². The van der Waals surface area contributed by atoms with Crippen LogP contribution in [-0.4, -0.2) is 61.0 Å². The molecule has 2 rings (SSSR count). The summed E-state index contributed by atoms with van der Waals surface area (Å²) in [5.74, 6) is 2.65. The second kappa shape index (κ2) is 8.73. The highest BCUT2D eigenvalue weighted by atomic mass is 35.5. The number of rotatable bonds is 7.